The molecule has 0 aliphatic carbocycles. The first-order valence-electron chi connectivity index (χ1n) is 3.96. The molecule has 0 spiro atoms. The Labute approximate surface area is 74.0 Å². The molecule has 0 aromatic carbocycles. The maximum atomic E-state index is 11.0. The van der Waals surface area contributed by atoms with Crippen LogP contribution in [0.5, 0.6) is 0 Å². The van der Waals surface area contributed by atoms with E-state index < -0.39 is 8.56 Å². The van der Waals surface area contributed by atoms with Crippen LogP contribution in [0.4, 0.5) is 0 Å². The van der Waals surface area contributed by atoms with Crippen molar-refractivity contribution in [1.29, 1.82) is 0 Å². The molecule has 0 amide bonds. The number of hydrogen-bond acceptors (Lipinski definition) is 3. The topological polar surface area (TPSA) is 57.5 Å². The number of hydrogen-bond donors (Lipinski definition) is 2. The van der Waals surface area contributed by atoms with Crippen LogP contribution >= 0.6 is 0 Å². The summed E-state index contributed by atoms with van der Waals surface area (Å²) >= 11 is 0. The molecule has 0 saturated heterocycles. The van der Waals surface area contributed by atoms with E-state index in [0.29, 0.717) is 24.5 Å². The Kier molecular flexibility index (Phi) is 4.37. The van der Waals surface area contributed by atoms with Crippen LogP contribution in [0.15, 0.2) is 12.2 Å². The summed E-state index contributed by atoms with van der Waals surface area (Å²) in [7, 11) is -2.94. The zero-order valence-electron chi connectivity index (χ0n) is 7.63. The lowest BCUT2D eigenvalue weighted by Crippen LogP contribution is -2.29. The van der Waals surface area contributed by atoms with Gasteiger partial charge in [0.05, 0.1) is 0 Å². The zero-order valence-corrected chi connectivity index (χ0v) is 8.63. The van der Waals surface area contributed by atoms with Crippen LogP contribution in [0.2, 0.25) is 12.6 Å². The minimum absolute atomic E-state index is 0.00764. The molecule has 0 aromatic heterocycles. The van der Waals surface area contributed by atoms with Crippen LogP contribution in [0, 0.1) is 0 Å². The lowest BCUT2D eigenvalue weighted by atomic mass is 10.1. The molecule has 0 fully saturated rings. The Bertz CT molecular complexity index is 181. The summed E-state index contributed by atoms with van der Waals surface area (Å²) in [5.41, 5.74) is 0.536. The lowest BCUT2D eigenvalue weighted by Gasteiger charge is -2.10. The number of allylic oxidation sites excluding steroid dienone is 1. The molecule has 2 N–H and O–H groups in total. The van der Waals surface area contributed by atoms with E-state index in [9.17, 15) is 4.79 Å². The molecule has 0 unspecified atom stereocenters. The SMILES string of the molecule is C=C(C)C(=O)CCC[Si](C)(O)O. The first kappa shape index (κ1) is 11.5. The molecule has 0 atom stereocenters. The second kappa shape index (κ2) is 4.54. The van der Waals surface area contributed by atoms with E-state index in [1.807, 2.05) is 0 Å². The first-order valence-corrected chi connectivity index (χ1v) is 6.56. The van der Waals surface area contributed by atoms with Gasteiger partial charge in [-0.25, -0.2) is 0 Å². The predicted molar refractivity (Wildman–Crippen MR) is 49.9 cm³/mol. The summed E-state index contributed by atoms with van der Waals surface area (Å²) in [4.78, 5) is 29.0. The van der Waals surface area contributed by atoms with Crippen molar-refractivity contribution in [3.8, 4) is 0 Å². The number of carbonyl (C=O) groups is 1. The maximum Gasteiger partial charge on any atom is 0.329 e. The smallest absolute Gasteiger partial charge is 0.329 e. The third kappa shape index (κ3) is 6.27. The summed E-state index contributed by atoms with van der Waals surface area (Å²) in [6, 6.07) is 0.353. The Hall–Kier alpha value is -0.453. The third-order valence-corrected chi connectivity index (χ3v) is 2.83. The summed E-state index contributed by atoms with van der Waals surface area (Å²) in [5, 5.41) is 0. The number of Topliss-reactive ketones (excluding diaryl/α,β-unsaturated/α-hetero) is 1. The monoisotopic (exact) mass is 188 g/mol. The van der Waals surface area contributed by atoms with Gasteiger partial charge in [-0.05, 0) is 31.5 Å². The van der Waals surface area contributed by atoms with Gasteiger partial charge in [0, 0.05) is 6.42 Å². The normalized spacial score (nSPS) is 11.3. The van der Waals surface area contributed by atoms with Crippen LogP contribution in [0.1, 0.15) is 19.8 Å². The van der Waals surface area contributed by atoms with E-state index in [1.54, 1.807) is 6.92 Å². The highest BCUT2D eigenvalue weighted by molar-refractivity contribution is 6.63. The van der Waals surface area contributed by atoms with Gasteiger partial charge in [0.25, 0.3) is 0 Å². The van der Waals surface area contributed by atoms with Gasteiger partial charge in [-0.1, -0.05) is 6.58 Å². The van der Waals surface area contributed by atoms with Crippen LogP contribution in [0.25, 0.3) is 0 Å². The van der Waals surface area contributed by atoms with Crippen molar-refractivity contribution in [3.05, 3.63) is 12.2 Å². The molecule has 0 radical (unpaired) electrons. The minimum Gasteiger partial charge on any atom is -0.411 e. The molecule has 0 heterocycles. The van der Waals surface area contributed by atoms with Gasteiger partial charge in [0.2, 0.25) is 0 Å². The summed E-state index contributed by atoms with van der Waals surface area (Å²) in [6.07, 6.45) is 0.917. The average molecular weight is 188 g/mol. The molecular formula is C8H16O3Si. The molecule has 0 aliphatic heterocycles. The van der Waals surface area contributed by atoms with E-state index in [4.69, 9.17) is 9.59 Å². The molecule has 0 rings (SSSR count). The summed E-state index contributed by atoms with van der Waals surface area (Å²) in [5.74, 6) is 0.00764. The Morgan fingerprint density at radius 3 is 2.33 bits per heavy atom. The predicted octanol–water partition coefficient (Wildman–Crippen LogP) is 0.968. The summed E-state index contributed by atoms with van der Waals surface area (Å²) in [6.45, 7) is 6.61. The fourth-order valence-corrected chi connectivity index (χ4v) is 1.64. The molecule has 3 nitrogen and oxygen atoms in total. The van der Waals surface area contributed by atoms with Crippen molar-refractivity contribution in [1.82, 2.24) is 0 Å². The van der Waals surface area contributed by atoms with Crippen molar-refractivity contribution >= 4 is 14.3 Å². The van der Waals surface area contributed by atoms with E-state index in [-0.39, 0.29) is 5.78 Å². The zero-order chi connectivity index (χ0) is 9.78. The Morgan fingerprint density at radius 1 is 1.50 bits per heavy atom. The van der Waals surface area contributed by atoms with Gasteiger partial charge in [-0.2, -0.15) is 0 Å². The Morgan fingerprint density at radius 2 is 2.00 bits per heavy atom. The van der Waals surface area contributed by atoms with E-state index in [0.717, 1.165) is 0 Å². The molecule has 0 aliphatic rings. The fraction of sp³-hybridized carbons (Fsp3) is 0.625. The highest BCUT2D eigenvalue weighted by atomic mass is 28.4. The molecule has 70 valence electrons. The fourth-order valence-electron chi connectivity index (χ4n) is 0.797. The highest BCUT2D eigenvalue weighted by Crippen LogP contribution is 2.09. The third-order valence-electron chi connectivity index (χ3n) is 1.53. The Balaban J connectivity index is 3.58. The lowest BCUT2D eigenvalue weighted by molar-refractivity contribution is -0.115. The molecule has 12 heavy (non-hydrogen) atoms. The maximum absolute atomic E-state index is 11.0. The van der Waals surface area contributed by atoms with Gasteiger partial charge in [-0.15, -0.1) is 0 Å². The van der Waals surface area contributed by atoms with Crippen molar-refractivity contribution in [3.63, 3.8) is 0 Å². The molecule has 0 aromatic rings. The molecule has 4 heteroatoms. The second-order valence-electron chi connectivity index (χ2n) is 3.27. The quantitative estimate of drug-likeness (QED) is 0.499. The van der Waals surface area contributed by atoms with Crippen LogP contribution in [0.3, 0.4) is 0 Å². The van der Waals surface area contributed by atoms with Gasteiger partial charge in [-0.3, -0.25) is 4.79 Å². The van der Waals surface area contributed by atoms with E-state index >= 15 is 0 Å². The largest absolute Gasteiger partial charge is 0.411 e. The van der Waals surface area contributed by atoms with E-state index in [1.165, 1.54) is 6.55 Å². The van der Waals surface area contributed by atoms with Crippen molar-refractivity contribution in [2.75, 3.05) is 0 Å². The van der Waals surface area contributed by atoms with Crippen molar-refractivity contribution in [2.45, 2.75) is 32.4 Å². The van der Waals surface area contributed by atoms with Crippen LogP contribution < -0.4 is 0 Å². The minimum atomic E-state index is -2.94. The first-order chi connectivity index (χ1) is 5.33. The van der Waals surface area contributed by atoms with Gasteiger partial charge >= 0.3 is 8.56 Å². The van der Waals surface area contributed by atoms with Gasteiger partial charge < -0.3 is 9.59 Å². The molecule has 0 saturated carbocycles. The molecule has 0 bridgehead atoms. The molecular weight excluding hydrogens is 172 g/mol. The van der Waals surface area contributed by atoms with Crippen molar-refractivity contribution < 1.29 is 14.4 Å². The number of ketones is 1. The summed E-state index contributed by atoms with van der Waals surface area (Å²) < 4.78 is 0. The highest BCUT2D eigenvalue weighted by Gasteiger charge is 2.20. The van der Waals surface area contributed by atoms with Crippen LogP contribution in [-0.4, -0.2) is 23.9 Å². The number of rotatable bonds is 5. The van der Waals surface area contributed by atoms with Crippen molar-refractivity contribution in [2.24, 2.45) is 0 Å². The average Bonchev–Trinajstić information content (AvgIpc) is 1.84. The van der Waals surface area contributed by atoms with Gasteiger partial charge in [0.15, 0.2) is 5.78 Å². The standard InChI is InChI=1S/C8H16O3Si/c1-7(2)8(9)5-4-6-12(3,10)11/h10-11H,1,4-6H2,2-3H3. The van der Waals surface area contributed by atoms with Gasteiger partial charge in [0.1, 0.15) is 0 Å². The van der Waals surface area contributed by atoms with Crippen LogP contribution in [-0.2, 0) is 4.79 Å². The van der Waals surface area contributed by atoms with E-state index in [2.05, 4.69) is 6.58 Å². The number of carbonyl (C=O) groups excluding carboxylic acids is 1. The second-order valence-corrected chi connectivity index (χ2v) is 6.21.